The zero-order chi connectivity index (χ0) is 33.8. The van der Waals surface area contributed by atoms with Crippen LogP contribution in [0.15, 0.2) is 115 Å². The summed E-state index contributed by atoms with van der Waals surface area (Å²) in [5.41, 5.74) is 3.36. The van der Waals surface area contributed by atoms with Crippen molar-refractivity contribution in [2.24, 2.45) is 22.7 Å². The van der Waals surface area contributed by atoms with Crippen LogP contribution < -0.4 is 10.4 Å². The zero-order valence-electron chi connectivity index (χ0n) is 29.2. The number of ether oxygens (including phenoxy) is 3. The van der Waals surface area contributed by atoms with Crippen molar-refractivity contribution in [1.29, 1.82) is 0 Å². The molecule has 0 radical (unpaired) electrons. The summed E-state index contributed by atoms with van der Waals surface area (Å²) in [6.45, 7) is 8.17. The Labute approximate surface area is 294 Å². The smallest absolute Gasteiger partial charge is 0.239 e. The van der Waals surface area contributed by atoms with Crippen molar-refractivity contribution in [3.63, 3.8) is 0 Å². The minimum Gasteiger partial charge on any atom is -0.408 e. The first-order valence-corrected chi connectivity index (χ1v) is 19.9. The van der Waals surface area contributed by atoms with E-state index in [4.69, 9.17) is 18.6 Å². The molecule has 0 amide bonds. The van der Waals surface area contributed by atoms with E-state index in [9.17, 15) is 5.11 Å². The van der Waals surface area contributed by atoms with Crippen molar-refractivity contribution in [2.45, 2.75) is 84.1 Å². The molecule has 4 aromatic rings. The van der Waals surface area contributed by atoms with Gasteiger partial charge >= 0.3 is 0 Å². The number of rotatable bonds is 10. The first-order valence-electron chi connectivity index (χ1n) is 18.3. The Kier molecular flexibility index (Phi) is 10.5. The Morgan fingerprint density at radius 2 is 1.41 bits per heavy atom. The molecule has 7 atom stereocenters. The zero-order valence-corrected chi connectivity index (χ0v) is 30.4. The van der Waals surface area contributed by atoms with Crippen molar-refractivity contribution >= 4 is 19.4 Å². The van der Waals surface area contributed by atoms with Crippen molar-refractivity contribution < 1.29 is 23.7 Å². The topological polar surface area (TPSA) is 57.2 Å². The second-order valence-electron chi connectivity index (χ2n) is 15.5. The van der Waals surface area contributed by atoms with E-state index in [1.165, 1.54) is 27.1 Å². The molecule has 0 aromatic heterocycles. The van der Waals surface area contributed by atoms with Crippen LogP contribution in [-0.2, 0) is 25.1 Å². The lowest BCUT2D eigenvalue weighted by molar-refractivity contribution is -0.240. The molecule has 0 bridgehead atoms. The van der Waals surface area contributed by atoms with Crippen LogP contribution in [0.1, 0.15) is 58.4 Å². The third kappa shape index (κ3) is 7.65. The molecule has 3 unspecified atom stereocenters. The van der Waals surface area contributed by atoms with Gasteiger partial charge < -0.3 is 23.7 Å². The molecule has 1 saturated carbocycles. The van der Waals surface area contributed by atoms with Crippen LogP contribution in [0.3, 0.4) is 0 Å². The maximum absolute atomic E-state index is 11.4. The van der Waals surface area contributed by atoms with Gasteiger partial charge in [-0.3, -0.25) is 0 Å². The van der Waals surface area contributed by atoms with Gasteiger partial charge in [-0.15, -0.1) is 0 Å². The van der Waals surface area contributed by atoms with E-state index in [0.29, 0.717) is 13.0 Å². The van der Waals surface area contributed by atoms with Gasteiger partial charge in [0.2, 0.25) is 9.04 Å². The summed E-state index contributed by atoms with van der Waals surface area (Å²) in [5, 5.41) is 13.9. The van der Waals surface area contributed by atoms with E-state index in [1.54, 1.807) is 0 Å². The highest BCUT2D eigenvalue weighted by Gasteiger charge is 2.63. The molecule has 6 heteroatoms. The van der Waals surface area contributed by atoms with Gasteiger partial charge in [0.1, 0.15) is 0 Å². The normalized spacial score (nSPS) is 28.8. The van der Waals surface area contributed by atoms with E-state index in [2.05, 4.69) is 136 Å². The highest BCUT2D eigenvalue weighted by Crippen LogP contribution is 2.61. The van der Waals surface area contributed by atoms with Crippen molar-refractivity contribution in [3.8, 4) is 11.1 Å². The summed E-state index contributed by atoms with van der Waals surface area (Å²) >= 11 is 0. The molecule has 258 valence electrons. The van der Waals surface area contributed by atoms with E-state index in [1.807, 2.05) is 0 Å². The molecule has 4 aromatic carbocycles. The second-order valence-corrected chi connectivity index (χ2v) is 17.9. The number of aliphatic hydroxyl groups excluding tert-OH is 1. The lowest BCUT2D eigenvalue weighted by Gasteiger charge is -2.50. The Morgan fingerprint density at radius 3 is 2.00 bits per heavy atom. The molecule has 0 spiro atoms. The second kappa shape index (κ2) is 15.0. The number of fused-ring (bicyclic) bond motifs is 1. The minimum absolute atomic E-state index is 0.00983. The molecule has 2 aliphatic heterocycles. The van der Waals surface area contributed by atoms with Gasteiger partial charge in [0, 0.05) is 18.4 Å². The third-order valence-corrected chi connectivity index (χ3v) is 13.8. The van der Waals surface area contributed by atoms with E-state index >= 15 is 0 Å². The molecular formula is C43H52O5Si. The molecule has 3 fully saturated rings. The lowest BCUT2D eigenvalue weighted by atomic mass is 9.61. The monoisotopic (exact) mass is 676 g/mol. The Morgan fingerprint density at radius 1 is 0.796 bits per heavy atom. The van der Waals surface area contributed by atoms with Gasteiger partial charge in [-0.2, -0.15) is 0 Å². The number of benzene rings is 4. The Bertz CT molecular complexity index is 1560. The summed E-state index contributed by atoms with van der Waals surface area (Å²) in [6.07, 6.45) is 4.05. The van der Waals surface area contributed by atoms with Crippen molar-refractivity contribution in [2.75, 3.05) is 13.2 Å². The Hall–Kier alpha value is -3.10. The molecular weight excluding hydrogens is 625 g/mol. The summed E-state index contributed by atoms with van der Waals surface area (Å²) in [7, 11) is -2.05. The standard InChI is InChI=1S/C43H52O5Si/c1-42(2,3)41-36-27-39(44)48-38(30-46-49(34-17-9-5-10-18-34)35-19-11-6-12-20-35)43(36,29-37(41)47-40-21-13-14-26-45-40)28-31-22-24-33(25-23-31)32-15-7-4-8-16-32/h4-12,15-20,22-25,36-41,44,49H,13-14,21,26-30H2,1-3H3/t36-,37-,38?,39?,40?,41-,43+/m1/s1. The lowest BCUT2D eigenvalue weighted by Crippen LogP contribution is -2.55. The van der Waals surface area contributed by atoms with Crippen LogP contribution in [-0.4, -0.2) is 52.1 Å². The largest absolute Gasteiger partial charge is 0.408 e. The molecule has 49 heavy (non-hydrogen) atoms. The average Bonchev–Trinajstić information content (AvgIpc) is 3.44. The maximum atomic E-state index is 11.4. The number of hydrogen-bond donors (Lipinski definition) is 1. The van der Waals surface area contributed by atoms with Crippen LogP contribution in [0.4, 0.5) is 0 Å². The average molecular weight is 677 g/mol. The third-order valence-electron chi connectivity index (χ3n) is 11.2. The maximum Gasteiger partial charge on any atom is 0.239 e. The fourth-order valence-electron chi connectivity index (χ4n) is 9.10. The van der Waals surface area contributed by atoms with E-state index in [0.717, 1.165) is 38.7 Å². The van der Waals surface area contributed by atoms with Gasteiger partial charge in [-0.1, -0.05) is 136 Å². The van der Waals surface area contributed by atoms with E-state index < -0.39 is 15.3 Å². The van der Waals surface area contributed by atoms with Gasteiger partial charge in [-0.05, 0) is 76.4 Å². The molecule has 7 rings (SSSR count). The molecule has 1 aliphatic carbocycles. The fourth-order valence-corrected chi connectivity index (χ4v) is 11.4. The predicted octanol–water partition coefficient (Wildman–Crippen LogP) is 7.14. The van der Waals surface area contributed by atoms with Gasteiger partial charge in [0.15, 0.2) is 12.6 Å². The van der Waals surface area contributed by atoms with Gasteiger partial charge in [-0.25, -0.2) is 0 Å². The molecule has 2 heterocycles. The SMILES string of the molecule is CC(C)(C)[C@@H]1[C@H]2CC(O)OC(CO[SiH](c3ccccc3)c3ccccc3)[C@@]2(Cc2ccc(-c3ccccc3)cc2)C[C@H]1OC1CCCCO1. The first-order chi connectivity index (χ1) is 23.8. The molecule has 3 aliphatic rings. The summed E-state index contributed by atoms with van der Waals surface area (Å²) in [4.78, 5) is 0. The minimum atomic E-state index is -2.05. The van der Waals surface area contributed by atoms with Gasteiger partial charge in [0.05, 0.1) is 18.8 Å². The van der Waals surface area contributed by atoms with Crippen molar-refractivity contribution in [1.82, 2.24) is 0 Å². The predicted molar refractivity (Wildman–Crippen MR) is 198 cm³/mol. The van der Waals surface area contributed by atoms with Crippen LogP contribution in [0.2, 0.25) is 0 Å². The first kappa shape index (κ1) is 34.4. The number of hydrogen-bond acceptors (Lipinski definition) is 5. The highest BCUT2D eigenvalue weighted by molar-refractivity contribution is 6.80. The van der Waals surface area contributed by atoms with Crippen molar-refractivity contribution in [3.05, 3.63) is 121 Å². The Balaban J connectivity index is 1.25. The van der Waals surface area contributed by atoms with Crippen LogP contribution in [0.25, 0.3) is 11.1 Å². The molecule has 1 N–H and O–H groups in total. The quantitative estimate of drug-likeness (QED) is 0.181. The summed E-state index contributed by atoms with van der Waals surface area (Å²) in [5.74, 6) is 0.403. The number of aliphatic hydroxyl groups is 1. The van der Waals surface area contributed by atoms with Gasteiger partial charge in [0.25, 0.3) is 0 Å². The van der Waals surface area contributed by atoms with Crippen LogP contribution in [0, 0.1) is 22.7 Å². The van der Waals surface area contributed by atoms with E-state index in [-0.39, 0.29) is 41.2 Å². The highest BCUT2D eigenvalue weighted by atomic mass is 28.3. The molecule has 2 saturated heterocycles. The molecule has 5 nitrogen and oxygen atoms in total. The van der Waals surface area contributed by atoms with Crippen LogP contribution in [0.5, 0.6) is 0 Å². The fraction of sp³-hybridized carbons (Fsp3) is 0.442. The van der Waals surface area contributed by atoms with Crippen LogP contribution >= 0.6 is 0 Å². The summed E-state index contributed by atoms with van der Waals surface area (Å²) < 4.78 is 26.9. The summed E-state index contributed by atoms with van der Waals surface area (Å²) in [6, 6.07) is 40.9.